The lowest BCUT2D eigenvalue weighted by Crippen LogP contribution is -2.25. The summed E-state index contributed by atoms with van der Waals surface area (Å²) in [6.07, 6.45) is 0. The van der Waals surface area contributed by atoms with Crippen LogP contribution in [0.15, 0.2) is 265 Å². The first kappa shape index (κ1) is 39.2. The summed E-state index contributed by atoms with van der Waals surface area (Å²) in [5.74, 6) is 0. The zero-order valence-corrected chi connectivity index (χ0v) is 37.7. The Kier molecular flexibility index (Phi) is 8.84. The summed E-state index contributed by atoms with van der Waals surface area (Å²) < 4.78 is 6.63. The maximum Gasteiger partial charge on any atom is 0.143 e. The van der Waals surface area contributed by atoms with Gasteiger partial charge in [0.25, 0.3) is 0 Å². The molecule has 2 aliphatic carbocycles. The van der Waals surface area contributed by atoms with Crippen LogP contribution in [-0.2, 0) is 5.41 Å². The van der Waals surface area contributed by atoms with E-state index in [1.807, 2.05) is 6.07 Å². The molecule has 69 heavy (non-hydrogen) atoms. The van der Waals surface area contributed by atoms with Crippen molar-refractivity contribution in [3.8, 4) is 66.8 Å². The van der Waals surface area contributed by atoms with E-state index in [4.69, 9.17) is 4.42 Å². The molecule has 14 rings (SSSR count). The fourth-order valence-corrected chi connectivity index (χ4v) is 11.7. The Hall–Kier alpha value is -8.98. The minimum Gasteiger partial charge on any atom is -0.455 e. The zero-order chi connectivity index (χ0) is 45.5. The van der Waals surface area contributed by atoms with E-state index in [1.54, 1.807) is 0 Å². The molecule has 2 nitrogen and oxygen atoms in total. The molecule has 1 spiro atoms. The number of fused-ring (bicyclic) bond motifs is 13. The molecule has 0 saturated heterocycles. The van der Waals surface area contributed by atoms with Crippen LogP contribution in [-0.4, -0.2) is 0 Å². The summed E-state index contributed by atoms with van der Waals surface area (Å²) >= 11 is 0. The van der Waals surface area contributed by atoms with Crippen LogP contribution in [0.25, 0.3) is 88.7 Å². The molecule has 0 N–H and O–H groups in total. The average Bonchev–Trinajstić information content (AvgIpc) is 4.06. The van der Waals surface area contributed by atoms with Crippen LogP contribution in [0.4, 0.5) is 17.1 Å². The Morgan fingerprint density at radius 3 is 1.35 bits per heavy atom. The maximum absolute atomic E-state index is 6.63. The molecule has 0 saturated carbocycles. The molecule has 2 heteroatoms. The number of furan rings is 1. The van der Waals surface area contributed by atoms with Gasteiger partial charge in [-0.05, 0) is 132 Å². The van der Waals surface area contributed by atoms with E-state index in [-0.39, 0.29) is 0 Å². The molecule has 0 fully saturated rings. The molecule has 0 radical (unpaired) electrons. The van der Waals surface area contributed by atoms with Gasteiger partial charge in [-0.25, -0.2) is 0 Å². The molecule has 0 amide bonds. The van der Waals surface area contributed by atoms with Gasteiger partial charge in [-0.1, -0.05) is 212 Å². The molecule has 11 aromatic carbocycles. The molecule has 0 unspecified atom stereocenters. The highest BCUT2D eigenvalue weighted by Crippen LogP contribution is 2.63. The minimum absolute atomic E-state index is 0.393. The van der Waals surface area contributed by atoms with E-state index >= 15 is 0 Å². The number of para-hydroxylation sites is 2. The van der Waals surface area contributed by atoms with Crippen molar-refractivity contribution in [1.29, 1.82) is 0 Å². The van der Waals surface area contributed by atoms with Crippen LogP contribution in [0.2, 0.25) is 0 Å². The summed E-state index contributed by atoms with van der Waals surface area (Å²) in [7, 11) is 0. The molecular formula is C67H43NO. The largest absolute Gasteiger partial charge is 0.455 e. The van der Waals surface area contributed by atoms with Gasteiger partial charge in [-0.2, -0.15) is 0 Å². The summed E-state index contributed by atoms with van der Waals surface area (Å²) in [6, 6.07) is 95.4. The number of hydrogen-bond donors (Lipinski definition) is 0. The monoisotopic (exact) mass is 877 g/mol. The Morgan fingerprint density at radius 1 is 0.261 bits per heavy atom. The smallest absolute Gasteiger partial charge is 0.143 e. The molecule has 2 aliphatic rings. The fourth-order valence-electron chi connectivity index (χ4n) is 11.7. The first-order valence-corrected chi connectivity index (χ1v) is 23.8. The second-order valence-electron chi connectivity index (χ2n) is 18.3. The number of benzene rings is 11. The second-order valence-corrected chi connectivity index (χ2v) is 18.3. The highest BCUT2D eigenvalue weighted by molar-refractivity contribution is 6.11. The van der Waals surface area contributed by atoms with Gasteiger partial charge < -0.3 is 9.32 Å². The van der Waals surface area contributed by atoms with Crippen LogP contribution in [0, 0.1) is 0 Å². The van der Waals surface area contributed by atoms with E-state index in [0.717, 1.165) is 61.3 Å². The van der Waals surface area contributed by atoms with Gasteiger partial charge in [0.1, 0.15) is 11.2 Å². The van der Waals surface area contributed by atoms with E-state index in [1.165, 1.54) is 66.8 Å². The van der Waals surface area contributed by atoms with E-state index in [0.29, 0.717) is 0 Å². The quantitative estimate of drug-likeness (QED) is 0.159. The molecular weight excluding hydrogens is 835 g/mol. The van der Waals surface area contributed by atoms with Crippen molar-refractivity contribution in [2.24, 2.45) is 0 Å². The summed E-state index contributed by atoms with van der Waals surface area (Å²) in [6.45, 7) is 0. The maximum atomic E-state index is 6.63. The number of hydrogen-bond acceptors (Lipinski definition) is 2. The van der Waals surface area contributed by atoms with Crippen molar-refractivity contribution in [3.05, 3.63) is 283 Å². The van der Waals surface area contributed by atoms with Gasteiger partial charge in [-0.15, -0.1) is 0 Å². The third kappa shape index (κ3) is 5.99. The van der Waals surface area contributed by atoms with Gasteiger partial charge in [0.05, 0.1) is 5.41 Å². The van der Waals surface area contributed by atoms with Crippen molar-refractivity contribution in [3.63, 3.8) is 0 Å². The third-order valence-electron chi connectivity index (χ3n) is 14.7. The second kappa shape index (κ2) is 15.6. The predicted octanol–water partition coefficient (Wildman–Crippen LogP) is 18.1. The summed E-state index contributed by atoms with van der Waals surface area (Å²) in [5.41, 5.74) is 24.5. The van der Waals surface area contributed by atoms with Crippen LogP contribution < -0.4 is 4.90 Å². The molecule has 0 atom stereocenters. The summed E-state index contributed by atoms with van der Waals surface area (Å²) in [5, 5.41) is 2.24. The zero-order valence-electron chi connectivity index (χ0n) is 37.7. The molecule has 1 heterocycles. The standard InChI is InChI=1S/C67H43NO/c1-3-16-44(17-4-1)45-30-35-49(36-31-45)68(51-39-41-52(60(43-51)47-18-5-2-6-19-47)58-24-15-25-59-57-23-10-14-29-65(57)69-66(58)59)50-37-32-46(33-38-50)48-34-40-56-55-22-9-13-28-63(55)67(64(56)42-48)61-26-11-7-20-53(61)54-21-8-12-27-62(54)67/h1-43H. The van der Waals surface area contributed by atoms with E-state index in [9.17, 15) is 0 Å². The molecule has 12 aromatic rings. The lowest BCUT2D eigenvalue weighted by Gasteiger charge is -2.30. The van der Waals surface area contributed by atoms with Crippen LogP contribution in [0.3, 0.4) is 0 Å². The first-order chi connectivity index (χ1) is 34.2. The highest BCUT2D eigenvalue weighted by atomic mass is 16.3. The fraction of sp³-hybridized carbons (Fsp3) is 0.0149. The normalized spacial score (nSPS) is 12.8. The Bertz CT molecular complexity index is 3880. The summed E-state index contributed by atoms with van der Waals surface area (Å²) in [4.78, 5) is 2.39. The van der Waals surface area contributed by atoms with Gasteiger partial charge in [0, 0.05) is 33.4 Å². The van der Waals surface area contributed by atoms with Crippen LogP contribution >= 0.6 is 0 Å². The lowest BCUT2D eigenvalue weighted by molar-refractivity contribution is 0.670. The average molecular weight is 878 g/mol. The van der Waals surface area contributed by atoms with Crippen molar-refractivity contribution < 1.29 is 4.42 Å². The van der Waals surface area contributed by atoms with Crippen molar-refractivity contribution in [2.75, 3.05) is 4.90 Å². The van der Waals surface area contributed by atoms with Gasteiger partial charge in [0.2, 0.25) is 0 Å². The predicted molar refractivity (Wildman–Crippen MR) is 286 cm³/mol. The van der Waals surface area contributed by atoms with Crippen molar-refractivity contribution in [2.45, 2.75) is 5.41 Å². The third-order valence-corrected chi connectivity index (χ3v) is 14.7. The molecule has 1 aromatic heterocycles. The number of rotatable bonds is 7. The van der Waals surface area contributed by atoms with Crippen LogP contribution in [0.1, 0.15) is 22.3 Å². The topological polar surface area (TPSA) is 16.4 Å². The van der Waals surface area contributed by atoms with E-state index in [2.05, 4.69) is 260 Å². The van der Waals surface area contributed by atoms with Crippen LogP contribution in [0.5, 0.6) is 0 Å². The lowest BCUT2D eigenvalue weighted by atomic mass is 9.70. The minimum atomic E-state index is -0.393. The SMILES string of the molecule is c1ccc(-c2ccc(N(c3ccc(-c4ccc5c(c4)C4(c6ccccc6-c6ccccc64)c4ccccc4-5)cc3)c3ccc(-c4cccc5c4oc4ccccc45)c(-c4ccccc4)c3)cc2)cc1. The van der Waals surface area contributed by atoms with E-state index < -0.39 is 5.41 Å². The van der Waals surface area contributed by atoms with Crippen molar-refractivity contribution in [1.82, 2.24) is 0 Å². The Balaban J connectivity index is 0.914. The van der Waals surface area contributed by atoms with Crippen molar-refractivity contribution >= 4 is 39.0 Å². The molecule has 0 bridgehead atoms. The van der Waals surface area contributed by atoms with Gasteiger partial charge >= 0.3 is 0 Å². The van der Waals surface area contributed by atoms with Gasteiger partial charge in [-0.3, -0.25) is 0 Å². The molecule has 0 aliphatic heterocycles. The molecule has 322 valence electrons. The Morgan fingerprint density at radius 2 is 0.710 bits per heavy atom. The number of anilines is 3. The number of nitrogens with zero attached hydrogens (tertiary/aromatic N) is 1. The first-order valence-electron chi connectivity index (χ1n) is 23.8. The highest BCUT2D eigenvalue weighted by Gasteiger charge is 2.51. The Labute approximate surface area is 401 Å². The van der Waals surface area contributed by atoms with Gasteiger partial charge in [0.15, 0.2) is 0 Å².